The first-order valence-electron chi connectivity index (χ1n) is 5.04. The number of carbonyl (C=O) groups excluding carboxylic acids is 1. The summed E-state index contributed by atoms with van der Waals surface area (Å²) in [5.74, 6) is 0.415. The number of aromatic nitrogens is 1. The van der Waals surface area contributed by atoms with Crippen molar-refractivity contribution < 1.29 is 4.79 Å². The van der Waals surface area contributed by atoms with Crippen LogP contribution in [-0.4, -0.2) is 17.4 Å². The molecule has 84 valence electrons. The van der Waals surface area contributed by atoms with E-state index in [4.69, 9.17) is 5.73 Å². The van der Waals surface area contributed by atoms with Crippen molar-refractivity contribution in [3.05, 3.63) is 11.1 Å². The van der Waals surface area contributed by atoms with Gasteiger partial charge in [0.15, 0.2) is 5.13 Å². The molecule has 5 heteroatoms. The maximum absolute atomic E-state index is 11.5. The van der Waals surface area contributed by atoms with Crippen LogP contribution in [0.15, 0.2) is 5.38 Å². The Balaban J connectivity index is 2.30. The van der Waals surface area contributed by atoms with Gasteiger partial charge in [0, 0.05) is 11.8 Å². The van der Waals surface area contributed by atoms with E-state index >= 15 is 0 Å². The molecular formula is C10H17N3OS. The summed E-state index contributed by atoms with van der Waals surface area (Å²) in [4.78, 5) is 15.6. The van der Waals surface area contributed by atoms with E-state index in [0.717, 1.165) is 12.1 Å². The molecule has 0 saturated heterocycles. The highest BCUT2D eigenvalue weighted by molar-refractivity contribution is 7.13. The smallest absolute Gasteiger partial charge is 0.226 e. The van der Waals surface area contributed by atoms with Gasteiger partial charge in [0.05, 0.1) is 5.69 Å². The molecule has 1 atom stereocenters. The number of anilines is 1. The minimum atomic E-state index is 0.0182. The lowest BCUT2D eigenvalue weighted by atomic mass is 10.1. The van der Waals surface area contributed by atoms with Crippen molar-refractivity contribution in [2.75, 3.05) is 11.9 Å². The second-order valence-corrected chi connectivity index (χ2v) is 4.58. The van der Waals surface area contributed by atoms with Gasteiger partial charge in [0.2, 0.25) is 5.91 Å². The standard InChI is InChI=1S/C10H17N3OS/c1-7(5-11)3-4-9(14)13-10-12-8(2)6-15-10/h6-7H,3-5,11H2,1-2H3,(H,12,13,14). The third-order valence-corrected chi connectivity index (χ3v) is 3.01. The number of aryl methyl sites for hydroxylation is 1. The van der Waals surface area contributed by atoms with E-state index in [1.54, 1.807) is 0 Å². The molecular weight excluding hydrogens is 210 g/mol. The van der Waals surface area contributed by atoms with Crippen LogP contribution < -0.4 is 11.1 Å². The summed E-state index contributed by atoms with van der Waals surface area (Å²) >= 11 is 1.45. The lowest BCUT2D eigenvalue weighted by molar-refractivity contribution is -0.116. The summed E-state index contributed by atoms with van der Waals surface area (Å²) < 4.78 is 0. The highest BCUT2D eigenvalue weighted by Crippen LogP contribution is 2.15. The molecule has 0 spiro atoms. The minimum absolute atomic E-state index is 0.0182. The Hall–Kier alpha value is -0.940. The van der Waals surface area contributed by atoms with E-state index < -0.39 is 0 Å². The van der Waals surface area contributed by atoms with E-state index in [0.29, 0.717) is 24.0 Å². The number of hydrogen-bond acceptors (Lipinski definition) is 4. The Bertz CT molecular complexity index is 324. The SMILES string of the molecule is Cc1csc(NC(=O)CCC(C)CN)n1. The number of nitrogens with zero attached hydrogens (tertiary/aromatic N) is 1. The second-order valence-electron chi connectivity index (χ2n) is 3.72. The molecule has 0 saturated carbocycles. The van der Waals surface area contributed by atoms with E-state index in [1.165, 1.54) is 11.3 Å². The fourth-order valence-electron chi connectivity index (χ4n) is 1.09. The number of carbonyl (C=O) groups is 1. The zero-order valence-corrected chi connectivity index (χ0v) is 9.93. The summed E-state index contributed by atoms with van der Waals surface area (Å²) in [6.07, 6.45) is 1.34. The lowest BCUT2D eigenvalue weighted by Gasteiger charge is -2.06. The monoisotopic (exact) mass is 227 g/mol. The van der Waals surface area contributed by atoms with Gasteiger partial charge in [-0.3, -0.25) is 4.79 Å². The molecule has 0 aromatic carbocycles. The van der Waals surface area contributed by atoms with Crippen LogP contribution in [0.2, 0.25) is 0 Å². The molecule has 0 aliphatic carbocycles. The maximum Gasteiger partial charge on any atom is 0.226 e. The number of hydrogen-bond donors (Lipinski definition) is 2. The molecule has 1 aromatic heterocycles. The van der Waals surface area contributed by atoms with Gasteiger partial charge < -0.3 is 11.1 Å². The molecule has 4 nitrogen and oxygen atoms in total. The Morgan fingerprint density at radius 3 is 3.00 bits per heavy atom. The van der Waals surface area contributed by atoms with E-state index in [2.05, 4.69) is 10.3 Å². The fourth-order valence-corrected chi connectivity index (χ4v) is 1.79. The highest BCUT2D eigenvalue weighted by Gasteiger charge is 2.07. The highest BCUT2D eigenvalue weighted by atomic mass is 32.1. The molecule has 1 unspecified atom stereocenters. The topological polar surface area (TPSA) is 68.0 Å². The van der Waals surface area contributed by atoms with Crippen molar-refractivity contribution >= 4 is 22.4 Å². The van der Waals surface area contributed by atoms with E-state index in [1.807, 2.05) is 19.2 Å². The third-order valence-electron chi connectivity index (χ3n) is 2.13. The average molecular weight is 227 g/mol. The molecule has 0 fully saturated rings. The van der Waals surface area contributed by atoms with Crippen molar-refractivity contribution in [2.45, 2.75) is 26.7 Å². The van der Waals surface area contributed by atoms with Crippen LogP contribution in [0.4, 0.5) is 5.13 Å². The van der Waals surface area contributed by atoms with Crippen LogP contribution in [-0.2, 0) is 4.79 Å². The Kier molecular flexibility index (Phi) is 4.71. The van der Waals surface area contributed by atoms with Gasteiger partial charge in [-0.05, 0) is 25.8 Å². The third kappa shape index (κ3) is 4.40. The molecule has 0 aliphatic heterocycles. The van der Waals surface area contributed by atoms with E-state index in [9.17, 15) is 4.79 Å². The van der Waals surface area contributed by atoms with Gasteiger partial charge in [-0.1, -0.05) is 6.92 Å². The van der Waals surface area contributed by atoms with Crippen LogP contribution in [0, 0.1) is 12.8 Å². The van der Waals surface area contributed by atoms with Crippen molar-refractivity contribution in [1.29, 1.82) is 0 Å². The second kappa shape index (κ2) is 5.82. The zero-order chi connectivity index (χ0) is 11.3. The van der Waals surface area contributed by atoms with Crippen LogP contribution in [0.1, 0.15) is 25.5 Å². The average Bonchev–Trinajstić information content (AvgIpc) is 2.60. The maximum atomic E-state index is 11.5. The minimum Gasteiger partial charge on any atom is -0.330 e. The molecule has 1 amide bonds. The van der Waals surface area contributed by atoms with Gasteiger partial charge >= 0.3 is 0 Å². The van der Waals surface area contributed by atoms with Crippen LogP contribution in [0.3, 0.4) is 0 Å². The largest absolute Gasteiger partial charge is 0.330 e. The summed E-state index contributed by atoms with van der Waals surface area (Å²) in [5.41, 5.74) is 6.41. The molecule has 0 aliphatic rings. The summed E-state index contributed by atoms with van der Waals surface area (Å²) in [7, 11) is 0. The summed E-state index contributed by atoms with van der Waals surface area (Å²) in [6, 6.07) is 0. The molecule has 3 N–H and O–H groups in total. The normalized spacial score (nSPS) is 12.5. The zero-order valence-electron chi connectivity index (χ0n) is 9.12. The molecule has 0 bridgehead atoms. The first-order chi connectivity index (χ1) is 7.11. The Morgan fingerprint density at radius 1 is 1.73 bits per heavy atom. The van der Waals surface area contributed by atoms with Crippen molar-refractivity contribution in [1.82, 2.24) is 4.98 Å². The first kappa shape index (κ1) is 12.1. The number of nitrogens with one attached hydrogen (secondary N) is 1. The molecule has 1 rings (SSSR count). The van der Waals surface area contributed by atoms with Crippen molar-refractivity contribution in [3.63, 3.8) is 0 Å². The predicted molar refractivity (Wildman–Crippen MR) is 62.9 cm³/mol. The number of rotatable bonds is 5. The van der Waals surface area contributed by atoms with Crippen LogP contribution in [0.25, 0.3) is 0 Å². The summed E-state index contributed by atoms with van der Waals surface area (Å²) in [6.45, 7) is 4.58. The Labute approximate surface area is 93.9 Å². The molecule has 0 radical (unpaired) electrons. The first-order valence-corrected chi connectivity index (χ1v) is 5.92. The van der Waals surface area contributed by atoms with Crippen LogP contribution in [0.5, 0.6) is 0 Å². The number of amides is 1. The summed E-state index contributed by atoms with van der Waals surface area (Å²) in [5, 5.41) is 5.36. The van der Waals surface area contributed by atoms with Gasteiger partial charge in [-0.2, -0.15) is 0 Å². The van der Waals surface area contributed by atoms with Crippen molar-refractivity contribution in [2.24, 2.45) is 11.7 Å². The van der Waals surface area contributed by atoms with E-state index in [-0.39, 0.29) is 5.91 Å². The lowest BCUT2D eigenvalue weighted by Crippen LogP contribution is -2.16. The van der Waals surface area contributed by atoms with Crippen molar-refractivity contribution in [3.8, 4) is 0 Å². The number of thiazole rings is 1. The van der Waals surface area contributed by atoms with Gasteiger partial charge in [-0.25, -0.2) is 4.98 Å². The quantitative estimate of drug-likeness (QED) is 0.805. The predicted octanol–water partition coefficient (Wildman–Crippen LogP) is 1.77. The fraction of sp³-hybridized carbons (Fsp3) is 0.600. The molecule has 15 heavy (non-hydrogen) atoms. The molecule has 1 aromatic rings. The van der Waals surface area contributed by atoms with Gasteiger partial charge in [-0.15, -0.1) is 11.3 Å². The van der Waals surface area contributed by atoms with Crippen LogP contribution >= 0.6 is 11.3 Å². The van der Waals surface area contributed by atoms with Gasteiger partial charge in [0.1, 0.15) is 0 Å². The Morgan fingerprint density at radius 2 is 2.47 bits per heavy atom. The number of nitrogens with two attached hydrogens (primary N) is 1. The van der Waals surface area contributed by atoms with Gasteiger partial charge in [0.25, 0.3) is 0 Å². The molecule has 1 heterocycles.